The third kappa shape index (κ3) is 13.8. The molecule has 0 spiro atoms. The molecule has 4 aliphatic heterocycles. The third-order valence-corrected chi connectivity index (χ3v) is 21.4. The number of rotatable bonds is 8. The van der Waals surface area contributed by atoms with Gasteiger partial charge >= 0.3 is 73.6 Å². The van der Waals surface area contributed by atoms with Crippen LogP contribution in [-0.4, -0.2) is 136 Å². The summed E-state index contributed by atoms with van der Waals surface area (Å²) in [6, 6.07) is 0. The van der Waals surface area contributed by atoms with Crippen LogP contribution in [0.5, 0.6) is 0 Å². The zero-order valence-electron chi connectivity index (χ0n) is 43.5. The maximum atomic E-state index is 11.4. The van der Waals surface area contributed by atoms with Gasteiger partial charge in [0.05, 0.1) is 43.0 Å². The van der Waals surface area contributed by atoms with E-state index in [-0.39, 0.29) is 163 Å². The summed E-state index contributed by atoms with van der Waals surface area (Å²) >= 11 is 13.7. The summed E-state index contributed by atoms with van der Waals surface area (Å²) < 4.78 is 20.6. The number of ether oxygens (including phenoxy) is 4. The Morgan fingerprint density at radius 2 is 0.506 bits per heavy atom. The van der Waals surface area contributed by atoms with Gasteiger partial charge in [-0.05, 0) is 77.0 Å². The van der Waals surface area contributed by atoms with Gasteiger partial charge in [0.25, 0.3) is 0 Å². The van der Waals surface area contributed by atoms with Crippen LogP contribution in [0.15, 0.2) is 48.6 Å². The van der Waals surface area contributed by atoms with Crippen LogP contribution >= 0.6 is 63.7 Å². The van der Waals surface area contributed by atoms with E-state index < -0.39 is 95.1 Å². The summed E-state index contributed by atoms with van der Waals surface area (Å²) in [4.78, 5) is 128. The number of aliphatic carboxylic acids is 8. The minimum Gasteiger partial charge on any atom is -0.550 e. The first-order valence-electron chi connectivity index (χ1n) is 24.8. The molecule has 4 heterocycles. The number of hydrogen-bond donors (Lipinski definition) is 4. The fourth-order valence-electron chi connectivity index (χ4n) is 13.2. The number of carbonyl (C=O) groups excluding carboxylic acids is 8. The number of carboxylic acid groups (broad SMARTS) is 8. The molecule has 8 saturated carbocycles. The number of alkyl halides is 4. The Labute approximate surface area is 515 Å². The van der Waals surface area contributed by atoms with Gasteiger partial charge < -0.3 is 79.0 Å². The monoisotopic (exact) mass is 1560 g/mol. The van der Waals surface area contributed by atoms with E-state index in [9.17, 15) is 78.0 Å². The van der Waals surface area contributed by atoms with Crippen LogP contribution in [0.3, 0.4) is 0 Å². The van der Waals surface area contributed by atoms with Crippen molar-refractivity contribution >= 4 is 135 Å². The van der Waals surface area contributed by atoms with Crippen LogP contribution in [0.2, 0.25) is 0 Å². The molecule has 8 bridgehead atoms. The third-order valence-electron chi connectivity index (χ3n) is 16.6. The standard InChI is InChI=1S/4C9H9BrO4.4C4H6O2.Hf/c4*10-6-2-1-3-5(4(2)8(11)12)9(13)14-7(3)6;4*1-3(2)4(5)6;/h4*2-7H,1H2,(H,11,12);4*1H2,2H3,(H,5,6);/q;;;;;;;;+4/p-4. The largest absolute Gasteiger partial charge is 4.00 e. The van der Waals surface area contributed by atoms with Crippen molar-refractivity contribution in [3.05, 3.63) is 48.6 Å². The normalized spacial score (nSPS) is 39.3. The van der Waals surface area contributed by atoms with Gasteiger partial charge in [-0.3, -0.25) is 19.2 Å². The van der Waals surface area contributed by atoms with Crippen molar-refractivity contribution in [2.24, 2.45) is 94.7 Å². The first kappa shape index (κ1) is 68.9. The van der Waals surface area contributed by atoms with E-state index >= 15 is 0 Å². The Hall–Kier alpha value is -4.61. The molecule has 8 aliphatic carbocycles. The molecule has 4 saturated heterocycles. The van der Waals surface area contributed by atoms with E-state index in [0.29, 0.717) is 0 Å². The summed E-state index contributed by atoms with van der Waals surface area (Å²) in [5.41, 5.74) is 0.704. The molecule has 440 valence electrons. The number of hydrogen-bond acceptors (Lipinski definition) is 20. The molecule has 81 heavy (non-hydrogen) atoms. The fraction of sp³-hybridized carbons (Fsp3) is 0.615. The molecule has 0 aromatic rings. The molecule has 12 rings (SSSR count). The van der Waals surface area contributed by atoms with Crippen LogP contribution < -0.4 is 20.4 Å². The molecular weight excluding hydrogens is 1510 g/mol. The van der Waals surface area contributed by atoms with Gasteiger partial charge in [0.1, 0.15) is 24.4 Å². The molecule has 0 amide bonds. The summed E-state index contributed by atoms with van der Waals surface area (Å²) in [5, 5.41) is 75.3. The Bertz CT molecular complexity index is 2260. The van der Waals surface area contributed by atoms with Crippen molar-refractivity contribution in [1.82, 2.24) is 0 Å². The van der Waals surface area contributed by atoms with Crippen molar-refractivity contribution in [1.29, 1.82) is 0 Å². The molecule has 0 aromatic heterocycles. The molecule has 29 heteroatoms. The molecular formula is C52H56Br4HfO24. The van der Waals surface area contributed by atoms with Crippen LogP contribution in [0.1, 0.15) is 53.4 Å². The van der Waals surface area contributed by atoms with E-state index in [1.54, 1.807) is 0 Å². The summed E-state index contributed by atoms with van der Waals surface area (Å²) in [6.07, 6.45) is 2.68. The Morgan fingerprint density at radius 3 is 0.617 bits per heavy atom. The van der Waals surface area contributed by atoms with Gasteiger partial charge in [0, 0.05) is 93.5 Å². The topological polar surface area (TPSA) is 415 Å². The Kier molecular flexibility index (Phi) is 23.3. The predicted octanol–water partition coefficient (Wildman–Crippen LogP) is -0.185. The summed E-state index contributed by atoms with van der Waals surface area (Å²) in [5.74, 6) is -13.5. The zero-order valence-corrected chi connectivity index (χ0v) is 53.4. The number of halogens is 4. The minimum atomic E-state index is -1.11. The summed E-state index contributed by atoms with van der Waals surface area (Å²) in [7, 11) is 0. The van der Waals surface area contributed by atoms with Crippen molar-refractivity contribution in [2.45, 2.75) is 97.1 Å². The average molecular weight is 1560 g/mol. The van der Waals surface area contributed by atoms with Crippen molar-refractivity contribution in [3.63, 3.8) is 0 Å². The smallest absolute Gasteiger partial charge is 0.550 e. The van der Waals surface area contributed by atoms with Gasteiger partial charge in [-0.15, -0.1) is 0 Å². The van der Waals surface area contributed by atoms with Crippen molar-refractivity contribution < 1.29 is 143 Å². The van der Waals surface area contributed by atoms with Crippen LogP contribution in [0.25, 0.3) is 0 Å². The van der Waals surface area contributed by atoms with E-state index in [1.165, 1.54) is 27.7 Å². The minimum absolute atomic E-state index is 0. The Balaban J connectivity index is 0.000000205. The molecule has 0 aromatic carbocycles. The molecule has 0 radical (unpaired) electrons. The fourth-order valence-corrected chi connectivity index (χ4v) is 17.4. The number of fused-ring (bicyclic) bond motifs is 4. The average Bonchev–Trinajstić information content (AvgIpc) is 4.23. The van der Waals surface area contributed by atoms with Gasteiger partial charge in [-0.2, -0.15) is 0 Å². The molecule has 4 N–H and O–H groups in total. The molecule has 24 nitrogen and oxygen atoms in total. The van der Waals surface area contributed by atoms with Crippen molar-refractivity contribution in [3.8, 4) is 0 Å². The number of carbonyl (C=O) groups is 12. The number of carboxylic acids is 8. The van der Waals surface area contributed by atoms with Crippen LogP contribution in [0, 0.1) is 94.7 Å². The maximum Gasteiger partial charge on any atom is 4.00 e. The van der Waals surface area contributed by atoms with Gasteiger partial charge in [0.15, 0.2) is 0 Å². The first-order valence-corrected chi connectivity index (χ1v) is 28.4. The van der Waals surface area contributed by atoms with Crippen LogP contribution in [-0.2, 0) is 102 Å². The second-order valence-corrected chi connectivity index (χ2v) is 25.7. The van der Waals surface area contributed by atoms with E-state index in [4.69, 9.17) is 39.4 Å². The quantitative estimate of drug-likeness (QED) is 0.0805. The van der Waals surface area contributed by atoms with Gasteiger partial charge in [-0.1, -0.05) is 90.0 Å². The second kappa shape index (κ2) is 27.4. The SMILES string of the molecule is C=C(C)C(=O)O.C=C(C)C(=O)O.C=C(C)C(=O)O.C=C(C)C(=O)O.O=C([O-])C1C2CC3C(OC(=O)C31)C2Br.O=C([O-])C1C2CC3C(OC(=O)C31)C2Br.O=C([O-])C1C2CC3C(OC(=O)C31)C2Br.O=C([O-])C1C2CC3C(OC(=O)C31)C2Br.[Hf+4]. The van der Waals surface area contributed by atoms with Crippen molar-refractivity contribution in [2.75, 3.05) is 0 Å². The zero-order chi connectivity index (χ0) is 60.8. The summed E-state index contributed by atoms with van der Waals surface area (Å²) in [6.45, 7) is 18.4. The van der Waals surface area contributed by atoms with Gasteiger partial charge in [-0.25, -0.2) is 19.2 Å². The number of esters is 4. The van der Waals surface area contributed by atoms with Gasteiger partial charge in [0.2, 0.25) is 0 Å². The predicted molar refractivity (Wildman–Crippen MR) is 275 cm³/mol. The second-order valence-electron chi connectivity index (χ2n) is 21.5. The van der Waals surface area contributed by atoms with Crippen LogP contribution in [0.4, 0.5) is 0 Å². The molecule has 12 aliphatic rings. The molecule has 24 atom stereocenters. The van der Waals surface area contributed by atoms with E-state index in [2.05, 4.69) is 90.0 Å². The Morgan fingerprint density at radius 1 is 0.370 bits per heavy atom. The van der Waals surface area contributed by atoms with E-state index in [0.717, 1.165) is 25.7 Å². The van der Waals surface area contributed by atoms with E-state index in [1.807, 2.05) is 0 Å². The molecule has 24 unspecified atom stereocenters. The maximum absolute atomic E-state index is 11.4. The molecule has 12 fully saturated rings. The first-order chi connectivity index (χ1) is 37.0.